The number of thiazole rings is 1. The van der Waals surface area contributed by atoms with E-state index < -0.39 is 29.3 Å². The second-order valence-electron chi connectivity index (χ2n) is 7.17. The zero-order valence-electron chi connectivity index (χ0n) is 16.2. The Morgan fingerprint density at radius 3 is 2.68 bits per heavy atom. The molecule has 1 N–H and O–H groups in total. The molecule has 31 heavy (non-hydrogen) atoms. The summed E-state index contributed by atoms with van der Waals surface area (Å²) in [6.07, 6.45) is 1.35. The Kier molecular flexibility index (Phi) is 4.44. The number of furan rings is 1. The van der Waals surface area contributed by atoms with Gasteiger partial charge in [0.1, 0.15) is 5.82 Å². The molecule has 1 aliphatic heterocycles. The largest absolute Gasteiger partial charge is 0.503 e. The fourth-order valence-corrected chi connectivity index (χ4v) is 4.65. The molecule has 0 radical (unpaired) electrons. The molecule has 4 aromatic rings. The van der Waals surface area contributed by atoms with Gasteiger partial charge in [-0.05, 0) is 42.8 Å². The van der Waals surface area contributed by atoms with E-state index in [1.54, 1.807) is 18.2 Å². The van der Waals surface area contributed by atoms with Crippen molar-refractivity contribution in [2.45, 2.75) is 13.0 Å². The van der Waals surface area contributed by atoms with Crippen molar-refractivity contribution in [3.8, 4) is 0 Å². The second kappa shape index (κ2) is 7.17. The number of aliphatic hydroxyl groups excluding tert-OH is 1. The summed E-state index contributed by atoms with van der Waals surface area (Å²) in [5.74, 6) is -2.40. The number of nitrogens with zero attached hydrogens (tertiary/aromatic N) is 2. The quantitative estimate of drug-likeness (QED) is 0.451. The normalized spacial score (nSPS) is 16.5. The van der Waals surface area contributed by atoms with Crippen LogP contribution in [-0.4, -0.2) is 21.8 Å². The van der Waals surface area contributed by atoms with Gasteiger partial charge in [0.25, 0.3) is 5.91 Å². The number of aromatic nitrogens is 1. The van der Waals surface area contributed by atoms with E-state index in [9.17, 15) is 19.1 Å². The number of Topliss-reactive ketones (excluding diaryl/α,β-unsaturated/α-hetero) is 1. The number of carbonyl (C=O) groups is 2. The molecule has 0 unspecified atom stereocenters. The molecule has 2 aromatic carbocycles. The van der Waals surface area contributed by atoms with Crippen molar-refractivity contribution in [2.24, 2.45) is 0 Å². The summed E-state index contributed by atoms with van der Waals surface area (Å²) in [7, 11) is 0. The number of amides is 1. The van der Waals surface area contributed by atoms with Crippen LogP contribution in [0.5, 0.6) is 0 Å². The highest BCUT2D eigenvalue weighted by atomic mass is 32.1. The molecule has 8 heteroatoms. The first kappa shape index (κ1) is 19.2. The summed E-state index contributed by atoms with van der Waals surface area (Å²) in [6.45, 7) is 1.92. The molecule has 6 nitrogen and oxygen atoms in total. The van der Waals surface area contributed by atoms with Crippen LogP contribution in [0.2, 0.25) is 0 Å². The average molecular weight is 434 g/mol. The highest BCUT2D eigenvalue weighted by molar-refractivity contribution is 7.22. The smallest absolute Gasteiger partial charge is 0.296 e. The lowest BCUT2D eigenvalue weighted by molar-refractivity contribution is -0.117. The monoisotopic (exact) mass is 434 g/mol. The summed E-state index contributed by atoms with van der Waals surface area (Å²) >= 11 is 1.11. The van der Waals surface area contributed by atoms with Crippen molar-refractivity contribution in [3.63, 3.8) is 0 Å². The van der Waals surface area contributed by atoms with Gasteiger partial charge in [0.05, 0.1) is 28.1 Å². The SMILES string of the molecule is Cc1ccc([C@@H]2C(C(=O)c3ccco3)=C(O)C(=O)N2c2nc3ccc(F)cc3s2)cc1. The molecule has 3 heterocycles. The number of ketones is 1. The van der Waals surface area contributed by atoms with Gasteiger partial charge in [-0.3, -0.25) is 14.5 Å². The van der Waals surface area contributed by atoms with Crippen LogP contribution in [0, 0.1) is 12.7 Å². The van der Waals surface area contributed by atoms with Gasteiger partial charge in [-0.15, -0.1) is 0 Å². The van der Waals surface area contributed by atoms with Crippen LogP contribution in [0.15, 0.2) is 76.6 Å². The molecule has 0 fully saturated rings. The van der Waals surface area contributed by atoms with Gasteiger partial charge in [-0.2, -0.15) is 0 Å². The summed E-state index contributed by atoms with van der Waals surface area (Å²) in [5, 5.41) is 11.0. The van der Waals surface area contributed by atoms with Crippen molar-refractivity contribution in [1.82, 2.24) is 4.98 Å². The Balaban J connectivity index is 1.68. The standard InChI is InChI=1S/C23H15FN2O4S/c1-12-4-6-13(7-5-12)19-18(20(27)16-3-2-10-30-16)21(28)22(29)26(19)23-25-15-9-8-14(24)11-17(15)31-23/h2-11,19,28H,1H3/t19-/m1/s1. The van der Waals surface area contributed by atoms with Crippen LogP contribution in [-0.2, 0) is 4.79 Å². The highest BCUT2D eigenvalue weighted by Crippen LogP contribution is 2.44. The second-order valence-corrected chi connectivity index (χ2v) is 8.17. The van der Waals surface area contributed by atoms with E-state index in [2.05, 4.69) is 4.98 Å². The van der Waals surface area contributed by atoms with E-state index in [4.69, 9.17) is 4.42 Å². The number of rotatable bonds is 4. The third-order valence-electron chi connectivity index (χ3n) is 5.14. The molecule has 0 saturated heterocycles. The van der Waals surface area contributed by atoms with Gasteiger partial charge in [0, 0.05) is 0 Å². The Hall–Kier alpha value is -3.78. The molecule has 5 rings (SSSR count). The molecule has 1 amide bonds. The van der Waals surface area contributed by atoms with E-state index in [1.807, 2.05) is 19.1 Å². The number of aliphatic hydroxyl groups is 1. The van der Waals surface area contributed by atoms with Crippen molar-refractivity contribution in [2.75, 3.05) is 4.90 Å². The third kappa shape index (κ3) is 3.12. The molecule has 0 spiro atoms. The van der Waals surface area contributed by atoms with Crippen molar-refractivity contribution in [3.05, 3.63) is 94.9 Å². The van der Waals surface area contributed by atoms with E-state index >= 15 is 0 Å². The fourth-order valence-electron chi connectivity index (χ4n) is 3.63. The Morgan fingerprint density at radius 1 is 1.19 bits per heavy atom. The summed E-state index contributed by atoms with van der Waals surface area (Å²) < 4.78 is 19.4. The van der Waals surface area contributed by atoms with Crippen molar-refractivity contribution in [1.29, 1.82) is 0 Å². The maximum Gasteiger partial charge on any atom is 0.296 e. The van der Waals surface area contributed by atoms with Gasteiger partial charge in [-0.25, -0.2) is 9.37 Å². The summed E-state index contributed by atoms with van der Waals surface area (Å²) in [5.41, 5.74) is 2.06. The highest BCUT2D eigenvalue weighted by Gasteiger charge is 2.46. The zero-order chi connectivity index (χ0) is 21.7. The average Bonchev–Trinajstić information content (AvgIpc) is 3.47. The fraction of sp³-hybridized carbons (Fsp3) is 0.0870. The van der Waals surface area contributed by atoms with Gasteiger partial charge in [0.2, 0.25) is 5.78 Å². The van der Waals surface area contributed by atoms with Crippen molar-refractivity contribution >= 4 is 38.4 Å². The van der Waals surface area contributed by atoms with Gasteiger partial charge < -0.3 is 9.52 Å². The lowest BCUT2D eigenvalue weighted by atomic mass is 9.94. The predicted octanol–water partition coefficient (Wildman–Crippen LogP) is 5.12. The number of halogens is 1. The van der Waals surface area contributed by atoms with Crippen LogP contribution < -0.4 is 4.90 Å². The van der Waals surface area contributed by atoms with Crippen LogP contribution >= 0.6 is 11.3 Å². The first-order valence-corrected chi connectivity index (χ1v) is 10.2. The summed E-state index contributed by atoms with van der Waals surface area (Å²) in [4.78, 5) is 32.0. The van der Waals surface area contributed by atoms with Crippen LogP contribution in [0.25, 0.3) is 10.2 Å². The molecule has 1 atom stereocenters. The maximum absolute atomic E-state index is 13.7. The van der Waals surface area contributed by atoms with Crippen LogP contribution in [0.3, 0.4) is 0 Å². The number of carbonyl (C=O) groups excluding carboxylic acids is 2. The van der Waals surface area contributed by atoms with E-state index in [1.165, 1.54) is 35.4 Å². The van der Waals surface area contributed by atoms with E-state index in [0.29, 0.717) is 15.8 Å². The molecular formula is C23H15FN2O4S. The molecule has 0 aliphatic carbocycles. The number of aryl methyl sites for hydroxylation is 1. The molecule has 2 aromatic heterocycles. The van der Waals surface area contributed by atoms with Gasteiger partial charge in [-0.1, -0.05) is 41.2 Å². The zero-order valence-corrected chi connectivity index (χ0v) is 17.0. The topological polar surface area (TPSA) is 83.6 Å². The number of fused-ring (bicyclic) bond motifs is 1. The number of hydrogen-bond donors (Lipinski definition) is 1. The van der Waals surface area contributed by atoms with Crippen LogP contribution in [0.1, 0.15) is 27.7 Å². The Bertz CT molecular complexity index is 1360. The first-order valence-electron chi connectivity index (χ1n) is 9.41. The van der Waals surface area contributed by atoms with E-state index in [-0.39, 0.29) is 16.5 Å². The van der Waals surface area contributed by atoms with Crippen molar-refractivity contribution < 1.29 is 23.5 Å². The number of anilines is 1. The first-order chi connectivity index (χ1) is 14.9. The molecule has 154 valence electrons. The number of hydrogen-bond acceptors (Lipinski definition) is 6. The minimum absolute atomic E-state index is 0.0136. The molecule has 0 bridgehead atoms. The maximum atomic E-state index is 13.7. The Labute approximate surface area is 179 Å². The third-order valence-corrected chi connectivity index (χ3v) is 6.15. The molecule has 1 aliphatic rings. The minimum atomic E-state index is -0.906. The van der Waals surface area contributed by atoms with Crippen LogP contribution in [0.4, 0.5) is 9.52 Å². The molecular weight excluding hydrogens is 419 g/mol. The van der Waals surface area contributed by atoms with Gasteiger partial charge in [0.15, 0.2) is 16.7 Å². The minimum Gasteiger partial charge on any atom is -0.503 e. The number of benzene rings is 2. The Morgan fingerprint density at radius 2 is 1.97 bits per heavy atom. The summed E-state index contributed by atoms with van der Waals surface area (Å²) in [6, 6.07) is 13.6. The lowest BCUT2D eigenvalue weighted by Crippen LogP contribution is -2.30. The van der Waals surface area contributed by atoms with Gasteiger partial charge >= 0.3 is 0 Å². The molecule has 0 saturated carbocycles. The predicted molar refractivity (Wildman–Crippen MR) is 114 cm³/mol. The van der Waals surface area contributed by atoms with E-state index in [0.717, 1.165) is 16.9 Å². The lowest BCUT2D eigenvalue weighted by Gasteiger charge is -2.24.